The summed E-state index contributed by atoms with van der Waals surface area (Å²) in [6.45, 7) is 14.6. The van der Waals surface area contributed by atoms with Gasteiger partial charge in [-0.3, -0.25) is 4.98 Å². The molecule has 0 amide bonds. The number of aryl methyl sites for hydroxylation is 1. The number of unbranched alkanes of at least 4 members (excludes halogenated alkanes) is 6. The molecule has 0 aliphatic rings. The molecule has 1 heteroatoms. The second-order valence-electron chi connectivity index (χ2n) is 10.5. The van der Waals surface area contributed by atoms with Crippen LogP contribution in [-0.4, -0.2) is 4.98 Å². The Bertz CT molecular complexity index is 690. The standard InChI is InChI=1S/C30H47N/c1-24(2)30(25(3)4,26(5)6)22-16-11-9-7-8-10-13-17-27-20-21-29(31-23-27)28-18-14-12-15-19-28/h12,14-15,18-21,23-26H,7-11,13,16-17,22H2,1-6H3. The highest BCUT2D eigenvalue weighted by molar-refractivity contribution is 5.58. The van der Waals surface area contributed by atoms with E-state index < -0.39 is 0 Å². The molecule has 0 unspecified atom stereocenters. The zero-order valence-corrected chi connectivity index (χ0v) is 21.2. The lowest BCUT2D eigenvalue weighted by Gasteiger charge is -2.45. The van der Waals surface area contributed by atoms with Crippen LogP contribution >= 0.6 is 0 Å². The van der Waals surface area contributed by atoms with E-state index in [0.29, 0.717) is 5.41 Å². The SMILES string of the molecule is CC(C)C(CCCCCCCCCc1ccc(-c2ccccc2)nc1)(C(C)C)C(C)C. The number of nitrogens with zero attached hydrogens (tertiary/aromatic N) is 1. The predicted octanol–water partition coefficient (Wildman–Crippen LogP) is 9.37. The first-order valence-electron chi connectivity index (χ1n) is 12.9. The van der Waals surface area contributed by atoms with Crippen molar-refractivity contribution >= 4 is 0 Å². The molecule has 1 heterocycles. The van der Waals surface area contributed by atoms with Crippen LogP contribution in [0.3, 0.4) is 0 Å². The highest BCUT2D eigenvalue weighted by Gasteiger charge is 2.39. The molecule has 0 radical (unpaired) electrons. The molecule has 0 aliphatic heterocycles. The van der Waals surface area contributed by atoms with E-state index in [9.17, 15) is 0 Å². The topological polar surface area (TPSA) is 12.9 Å². The van der Waals surface area contributed by atoms with Gasteiger partial charge in [0.1, 0.15) is 0 Å². The summed E-state index contributed by atoms with van der Waals surface area (Å²) in [7, 11) is 0. The van der Waals surface area contributed by atoms with E-state index >= 15 is 0 Å². The molecule has 0 bridgehead atoms. The van der Waals surface area contributed by atoms with Crippen molar-refractivity contribution in [3.05, 3.63) is 54.2 Å². The summed E-state index contributed by atoms with van der Waals surface area (Å²) >= 11 is 0. The van der Waals surface area contributed by atoms with Crippen molar-refractivity contribution in [2.75, 3.05) is 0 Å². The van der Waals surface area contributed by atoms with E-state index in [2.05, 4.69) is 89.1 Å². The molecule has 0 aliphatic carbocycles. The zero-order valence-electron chi connectivity index (χ0n) is 21.2. The second-order valence-corrected chi connectivity index (χ2v) is 10.5. The van der Waals surface area contributed by atoms with Crippen molar-refractivity contribution < 1.29 is 0 Å². The van der Waals surface area contributed by atoms with Crippen molar-refractivity contribution in [3.63, 3.8) is 0 Å². The van der Waals surface area contributed by atoms with Crippen molar-refractivity contribution in [2.24, 2.45) is 23.2 Å². The molecule has 0 spiro atoms. The minimum atomic E-state index is 0.504. The van der Waals surface area contributed by atoms with E-state index in [4.69, 9.17) is 0 Å². The van der Waals surface area contributed by atoms with Gasteiger partial charge in [-0.15, -0.1) is 0 Å². The number of benzene rings is 1. The first-order chi connectivity index (χ1) is 14.9. The Balaban J connectivity index is 1.59. The highest BCUT2D eigenvalue weighted by atomic mass is 14.7. The first-order valence-corrected chi connectivity index (χ1v) is 12.9. The maximum Gasteiger partial charge on any atom is 0.0702 e. The molecule has 0 saturated heterocycles. The minimum absolute atomic E-state index is 0.504. The minimum Gasteiger partial charge on any atom is -0.256 e. The summed E-state index contributed by atoms with van der Waals surface area (Å²) in [5.74, 6) is 2.30. The molecule has 0 fully saturated rings. The molecular weight excluding hydrogens is 374 g/mol. The average molecular weight is 422 g/mol. The summed E-state index contributed by atoms with van der Waals surface area (Å²) in [4.78, 5) is 4.65. The Hall–Kier alpha value is -1.63. The van der Waals surface area contributed by atoms with Gasteiger partial charge in [0.15, 0.2) is 0 Å². The van der Waals surface area contributed by atoms with E-state index in [1.54, 1.807) is 0 Å². The fraction of sp³-hybridized carbons (Fsp3) is 0.633. The lowest BCUT2D eigenvalue weighted by Crippen LogP contribution is -2.38. The van der Waals surface area contributed by atoms with Gasteiger partial charge in [0.25, 0.3) is 0 Å². The van der Waals surface area contributed by atoms with Crippen LogP contribution in [-0.2, 0) is 6.42 Å². The molecule has 172 valence electrons. The second kappa shape index (κ2) is 13.0. The molecule has 0 N–H and O–H groups in total. The van der Waals surface area contributed by atoms with Crippen molar-refractivity contribution in [2.45, 2.75) is 99.3 Å². The van der Waals surface area contributed by atoms with Gasteiger partial charge in [-0.25, -0.2) is 0 Å². The molecule has 1 nitrogen and oxygen atoms in total. The predicted molar refractivity (Wildman–Crippen MR) is 137 cm³/mol. The number of aromatic nitrogens is 1. The van der Waals surface area contributed by atoms with Crippen LogP contribution in [0.1, 0.15) is 98.5 Å². The molecule has 31 heavy (non-hydrogen) atoms. The van der Waals surface area contributed by atoms with Gasteiger partial charge in [0.2, 0.25) is 0 Å². The average Bonchev–Trinajstić information content (AvgIpc) is 2.75. The van der Waals surface area contributed by atoms with Crippen molar-refractivity contribution in [1.29, 1.82) is 0 Å². The fourth-order valence-corrected chi connectivity index (χ4v) is 5.86. The molecule has 0 atom stereocenters. The fourth-order valence-electron chi connectivity index (χ4n) is 5.86. The Labute approximate surface area is 193 Å². The van der Waals surface area contributed by atoms with Crippen molar-refractivity contribution in [3.8, 4) is 11.3 Å². The van der Waals surface area contributed by atoms with Crippen LogP contribution in [0, 0.1) is 23.2 Å². The van der Waals surface area contributed by atoms with E-state index in [-0.39, 0.29) is 0 Å². The van der Waals surface area contributed by atoms with E-state index in [1.165, 1.54) is 62.5 Å². The van der Waals surface area contributed by atoms with E-state index in [0.717, 1.165) is 29.9 Å². The van der Waals surface area contributed by atoms with Gasteiger partial charge in [-0.1, -0.05) is 116 Å². The molecular formula is C30H47N. The Morgan fingerprint density at radius 3 is 1.71 bits per heavy atom. The summed E-state index contributed by atoms with van der Waals surface area (Å²) in [5.41, 5.74) is 4.14. The number of rotatable bonds is 14. The van der Waals surface area contributed by atoms with Gasteiger partial charge in [-0.2, -0.15) is 0 Å². The van der Waals surface area contributed by atoms with Crippen LogP contribution < -0.4 is 0 Å². The van der Waals surface area contributed by atoms with Gasteiger partial charge in [0.05, 0.1) is 5.69 Å². The van der Waals surface area contributed by atoms with Gasteiger partial charge in [0, 0.05) is 11.8 Å². The van der Waals surface area contributed by atoms with Crippen LogP contribution in [0.25, 0.3) is 11.3 Å². The van der Waals surface area contributed by atoms with Crippen molar-refractivity contribution in [1.82, 2.24) is 4.98 Å². The number of pyridine rings is 1. The molecule has 2 aromatic rings. The highest BCUT2D eigenvalue weighted by Crippen LogP contribution is 2.47. The van der Waals surface area contributed by atoms with Crippen LogP contribution in [0.15, 0.2) is 48.7 Å². The van der Waals surface area contributed by atoms with Crippen LogP contribution in [0.4, 0.5) is 0 Å². The summed E-state index contributed by atoms with van der Waals surface area (Å²) in [5, 5.41) is 0. The van der Waals surface area contributed by atoms with Crippen LogP contribution in [0.2, 0.25) is 0 Å². The lowest BCUT2D eigenvalue weighted by molar-refractivity contribution is 0.0356. The largest absolute Gasteiger partial charge is 0.256 e. The Morgan fingerprint density at radius 2 is 1.19 bits per heavy atom. The molecule has 0 saturated carbocycles. The molecule has 2 rings (SSSR count). The third-order valence-electron chi connectivity index (χ3n) is 7.69. The first kappa shape index (κ1) is 25.6. The monoisotopic (exact) mass is 421 g/mol. The van der Waals surface area contributed by atoms with E-state index in [1.807, 2.05) is 6.07 Å². The summed E-state index contributed by atoms with van der Waals surface area (Å²) in [6.07, 6.45) is 14.2. The Kier molecular flexibility index (Phi) is 10.8. The smallest absolute Gasteiger partial charge is 0.0702 e. The Morgan fingerprint density at radius 1 is 0.645 bits per heavy atom. The third kappa shape index (κ3) is 7.48. The maximum absolute atomic E-state index is 4.65. The number of hydrogen-bond donors (Lipinski definition) is 0. The lowest BCUT2D eigenvalue weighted by atomic mass is 9.60. The third-order valence-corrected chi connectivity index (χ3v) is 7.69. The number of hydrogen-bond acceptors (Lipinski definition) is 1. The summed E-state index contributed by atoms with van der Waals surface area (Å²) < 4.78 is 0. The maximum atomic E-state index is 4.65. The normalized spacial score (nSPS) is 12.3. The van der Waals surface area contributed by atoms with Gasteiger partial charge in [-0.05, 0) is 54.1 Å². The zero-order chi connectivity index (χ0) is 22.7. The van der Waals surface area contributed by atoms with Gasteiger partial charge >= 0.3 is 0 Å². The van der Waals surface area contributed by atoms with Crippen LogP contribution in [0.5, 0.6) is 0 Å². The quantitative estimate of drug-likeness (QED) is 0.277. The van der Waals surface area contributed by atoms with Gasteiger partial charge < -0.3 is 0 Å². The molecule has 1 aromatic heterocycles. The molecule has 1 aromatic carbocycles. The summed E-state index contributed by atoms with van der Waals surface area (Å²) in [6, 6.07) is 14.8.